The zero-order valence-corrected chi connectivity index (χ0v) is 15.1. The van der Waals surface area contributed by atoms with Crippen molar-refractivity contribution in [3.8, 4) is 0 Å². The molecule has 0 aliphatic rings. The van der Waals surface area contributed by atoms with Gasteiger partial charge in [0.1, 0.15) is 5.82 Å². The molecular weight excluding hydrogens is 425 g/mol. The first-order chi connectivity index (χ1) is 13.5. The average Bonchev–Trinajstić information content (AvgIpc) is 2.62. The summed E-state index contributed by atoms with van der Waals surface area (Å²) in [5.41, 5.74) is -4.17. The number of aromatic nitrogens is 1. The molecule has 0 fully saturated rings. The summed E-state index contributed by atoms with van der Waals surface area (Å²) < 4.78 is 42.8. The fraction of sp³-hybridized carbons (Fsp3) is 0.200. The number of hydrogen-bond donors (Lipinski definition) is 1. The third kappa shape index (κ3) is 4.87. The summed E-state index contributed by atoms with van der Waals surface area (Å²) in [5, 5.41) is 24.4. The van der Waals surface area contributed by atoms with Gasteiger partial charge in [0.05, 0.1) is 32.6 Å². The number of nitro groups is 2. The molecule has 1 N–H and O–H groups in total. The van der Waals surface area contributed by atoms with Gasteiger partial charge >= 0.3 is 23.5 Å². The number of carbonyl (C=O) groups excluding carboxylic acids is 1. The van der Waals surface area contributed by atoms with Crippen molar-refractivity contribution >= 4 is 40.5 Å². The van der Waals surface area contributed by atoms with Gasteiger partial charge in [-0.05, 0) is 13.0 Å². The van der Waals surface area contributed by atoms with Gasteiger partial charge in [0.15, 0.2) is 5.69 Å². The first kappa shape index (κ1) is 21.8. The van der Waals surface area contributed by atoms with Crippen molar-refractivity contribution in [2.75, 3.05) is 11.9 Å². The minimum absolute atomic E-state index is 0.0779. The molecule has 2 rings (SSSR count). The minimum Gasteiger partial charge on any atom is -0.462 e. The number of esters is 1. The maximum Gasteiger partial charge on any atom is 0.417 e. The topological polar surface area (TPSA) is 138 Å². The van der Waals surface area contributed by atoms with Gasteiger partial charge in [-0.1, -0.05) is 11.6 Å². The number of nitrogens with zero attached hydrogens (tertiary/aromatic N) is 3. The van der Waals surface area contributed by atoms with Crippen LogP contribution in [0.15, 0.2) is 24.4 Å². The Morgan fingerprint density at radius 3 is 2.17 bits per heavy atom. The second-order valence-electron chi connectivity index (χ2n) is 5.30. The monoisotopic (exact) mass is 434 g/mol. The van der Waals surface area contributed by atoms with Gasteiger partial charge in [-0.3, -0.25) is 20.2 Å². The number of halogens is 4. The Balaban J connectivity index is 2.61. The number of nitro benzene ring substituents is 2. The Morgan fingerprint density at radius 1 is 1.21 bits per heavy atom. The van der Waals surface area contributed by atoms with Crippen LogP contribution in [-0.4, -0.2) is 27.4 Å². The summed E-state index contributed by atoms with van der Waals surface area (Å²) in [6, 6.07) is 1.96. The average molecular weight is 435 g/mol. The van der Waals surface area contributed by atoms with Gasteiger partial charge < -0.3 is 10.1 Å². The summed E-state index contributed by atoms with van der Waals surface area (Å²) >= 11 is 5.73. The molecule has 154 valence electrons. The highest BCUT2D eigenvalue weighted by molar-refractivity contribution is 6.33. The quantitative estimate of drug-likeness (QED) is 0.398. The molecule has 10 nitrogen and oxygen atoms in total. The molecule has 1 aromatic heterocycles. The smallest absolute Gasteiger partial charge is 0.417 e. The Kier molecular flexibility index (Phi) is 6.21. The zero-order valence-electron chi connectivity index (χ0n) is 14.3. The number of anilines is 2. The lowest BCUT2D eigenvalue weighted by Crippen LogP contribution is -2.10. The van der Waals surface area contributed by atoms with Crippen molar-refractivity contribution in [3.63, 3.8) is 0 Å². The summed E-state index contributed by atoms with van der Waals surface area (Å²) in [4.78, 5) is 36.0. The molecule has 0 aliphatic heterocycles. The van der Waals surface area contributed by atoms with Crippen molar-refractivity contribution < 1.29 is 32.5 Å². The van der Waals surface area contributed by atoms with Gasteiger partial charge in [-0.15, -0.1) is 0 Å². The number of pyridine rings is 1. The van der Waals surface area contributed by atoms with Gasteiger partial charge in [0.2, 0.25) is 0 Å². The maximum absolute atomic E-state index is 12.7. The molecular formula is C15H10ClF3N4O6. The van der Waals surface area contributed by atoms with Crippen LogP contribution in [0.3, 0.4) is 0 Å². The number of carbonyl (C=O) groups is 1. The summed E-state index contributed by atoms with van der Waals surface area (Å²) in [7, 11) is 0. The van der Waals surface area contributed by atoms with Crippen molar-refractivity contribution in [2.24, 2.45) is 0 Å². The fourth-order valence-electron chi connectivity index (χ4n) is 2.16. The van der Waals surface area contributed by atoms with Crippen LogP contribution in [0, 0.1) is 20.2 Å². The molecule has 0 amide bonds. The maximum atomic E-state index is 12.7. The number of rotatable bonds is 6. The molecule has 0 atom stereocenters. The van der Waals surface area contributed by atoms with Crippen LogP contribution in [0.5, 0.6) is 0 Å². The first-order valence-corrected chi connectivity index (χ1v) is 7.97. The molecule has 2 aromatic rings. The second-order valence-corrected chi connectivity index (χ2v) is 5.71. The standard InChI is InChI=1S/C15H10ClF3N4O6/c1-2-29-14(24)7-3-10(22(25)26)12(11(4-7)23(27)28)21-13-9(16)5-8(6-20-13)15(17,18)19/h3-6H,2H2,1H3,(H,20,21). The van der Waals surface area contributed by atoms with E-state index in [9.17, 15) is 38.2 Å². The first-order valence-electron chi connectivity index (χ1n) is 7.59. The predicted octanol–water partition coefficient (Wildman–Crippen LogP) is 4.49. The van der Waals surface area contributed by atoms with E-state index >= 15 is 0 Å². The Bertz CT molecular complexity index is 963. The van der Waals surface area contributed by atoms with Crippen LogP contribution in [0.1, 0.15) is 22.8 Å². The van der Waals surface area contributed by atoms with E-state index in [0.29, 0.717) is 12.3 Å². The van der Waals surface area contributed by atoms with E-state index in [0.717, 1.165) is 12.1 Å². The lowest BCUT2D eigenvalue weighted by molar-refractivity contribution is -0.392. The summed E-state index contributed by atoms with van der Waals surface area (Å²) in [5.74, 6) is -1.52. The Hall–Kier alpha value is -3.48. The molecule has 14 heteroatoms. The molecule has 1 aromatic carbocycles. The molecule has 0 spiro atoms. The van der Waals surface area contributed by atoms with E-state index in [1.54, 1.807) is 0 Å². The minimum atomic E-state index is -4.74. The van der Waals surface area contributed by atoms with Crippen molar-refractivity contribution in [2.45, 2.75) is 13.1 Å². The SMILES string of the molecule is CCOC(=O)c1cc([N+](=O)[O-])c(Nc2ncc(C(F)(F)F)cc2Cl)c([N+](=O)[O-])c1. The van der Waals surface area contributed by atoms with Crippen LogP contribution in [0.4, 0.5) is 36.1 Å². The molecule has 0 saturated heterocycles. The van der Waals surface area contributed by atoms with Crippen molar-refractivity contribution in [1.82, 2.24) is 4.98 Å². The number of benzene rings is 1. The largest absolute Gasteiger partial charge is 0.462 e. The molecule has 29 heavy (non-hydrogen) atoms. The highest BCUT2D eigenvalue weighted by atomic mass is 35.5. The molecule has 0 aliphatic carbocycles. The van der Waals surface area contributed by atoms with Crippen molar-refractivity contribution in [1.29, 1.82) is 0 Å². The van der Waals surface area contributed by atoms with Crippen LogP contribution < -0.4 is 5.32 Å². The highest BCUT2D eigenvalue weighted by Gasteiger charge is 2.33. The van der Waals surface area contributed by atoms with Crippen LogP contribution in [-0.2, 0) is 10.9 Å². The van der Waals surface area contributed by atoms with E-state index in [1.165, 1.54) is 6.92 Å². The third-order valence-corrected chi connectivity index (χ3v) is 3.70. The molecule has 0 radical (unpaired) electrons. The van der Waals surface area contributed by atoms with Gasteiger partial charge in [0, 0.05) is 18.3 Å². The number of hydrogen-bond acceptors (Lipinski definition) is 8. The lowest BCUT2D eigenvalue weighted by atomic mass is 10.1. The van der Waals surface area contributed by atoms with E-state index in [1.807, 2.05) is 0 Å². The predicted molar refractivity (Wildman–Crippen MR) is 93.2 cm³/mol. The number of ether oxygens (including phenoxy) is 1. The van der Waals surface area contributed by atoms with Crippen LogP contribution >= 0.6 is 11.6 Å². The van der Waals surface area contributed by atoms with Gasteiger partial charge in [-0.25, -0.2) is 9.78 Å². The van der Waals surface area contributed by atoms with Gasteiger partial charge in [0.25, 0.3) is 0 Å². The Labute approximate surface area is 164 Å². The summed E-state index contributed by atoms with van der Waals surface area (Å²) in [6.45, 7) is 1.39. The molecule has 0 saturated carbocycles. The lowest BCUT2D eigenvalue weighted by Gasteiger charge is -2.12. The van der Waals surface area contributed by atoms with E-state index in [4.69, 9.17) is 11.6 Å². The molecule has 0 bridgehead atoms. The van der Waals surface area contributed by atoms with E-state index < -0.39 is 61.0 Å². The van der Waals surface area contributed by atoms with E-state index in [-0.39, 0.29) is 6.61 Å². The molecule has 1 heterocycles. The van der Waals surface area contributed by atoms with Crippen molar-refractivity contribution in [3.05, 3.63) is 60.8 Å². The summed E-state index contributed by atoms with van der Waals surface area (Å²) in [6.07, 6.45) is -4.34. The third-order valence-electron chi connectivity index (χ3n) is 3.41. The highest BCUT2D eigenvalue weighted by Crippen LogP contribution is 2.40. The molecule has 0 unspecified atom stereocenters. The van der Waals surface area contributed by atoms with E-state index in [2.05, 4.69) is 15.0 Å². The number of alkyl halides is 3. The Morgan fingerprint density at radius 2 is 1.76 bits per heavy atom. The fourth-order valence-corrected chi connectivity index (χ4v) is 2.38. The second kappa shape index (κ2) is 8.26. The normalized spacial score (nSPS) is 11.1. The zero-order chi connectivity index (χ0) is 21.9. The van der Waals surface area contributed by atoms with Crippen LogP contribution in [0.25, 0.3) is 0 Å². The van der Waals surface area contributed by atoms with Crippen LogP contribution in [0.2, 0.25) is 5.02 Å². The van der Waals surface area contributed by atoms with Gasteiger partial charge in [-0.2, -0.15) is 13.2 Å². The number of nitrogens with one attached hydrogen (secondary N) is 1.